The second-order valence-corrected chi connectivity index (χ2v) is 2.68. The predicted molar refractivity (Wildman–Crippen MR) is 43.1 cm³/mol. The molecule has 0 amide bonds. The summed E-state index contributed by atoms with van der Waals surface area (Å²) >= 11 is 0. The van der Waals surface area contributed by atoms with E-state index in [0.717, 1.165) is 0 Å². The quantitative estimate of drug-likeness (QED) is 0.735. The van der Waals surface area contributed by atoms with Crippen molar-refractivity contribution in [1.82, 2.24) is 4.73 Å². The molecule has 0 aliphatic rings. The minimum atomic E-state index is -0.986. The highest BCUT2D eigenvalue weighted by molar-refractivity contribution is 5.85. The molecule has 12 heavy (non-hydrogen) atoms. The van der Waals surface area contributed by atoms with Gasteiger partial charge in [0.1, 0.15) is 6.10 Å². The van der Waals surface area contributed by atoms with Crippen molar-refractivity contribution in [1.29, 1.82) is 0 Å². The van der Waals surface area contributed by atoms with Gasteiger partial charge in [0, 0.05) is 6.20 Å². The van der Waals surface area contributed by atoms with E-state index in [0.29, 0.717) is 0 Å². The lowest BCUT2D eigenvalue weighted by atomic mass is 10.4. The van der Waals surface area contributed by atoms with E-state index >= 15 is 0 Å². The average Bonchev–Trinajstić information content (AvgIpc) is 2.33. The molecule has 1 heterocycles. The van der Waals surface area contributed by atoms with E-state index in [1.807, 2.05) is 13.8 Å². The molecular weight excluding hydrogens is 158 g/mol. The van der Waals surface area contributed by atoms with Crippen molar-refractivity contribution < 1.29 is 14.7 Å². The van der Waals surface area contributed by atoms with Crippen molar-refractivity contribution in [2.45, 2.75) is 20.0 Å². The van der Waals surface area contributed by atoms with Crippen molar-refractivity contribution in [2.75, 3.05) is 0 Å². The van der Waals surface area contributed by atoms with Gasteiger partial charge in [-0.1, -0.05) is 0 Å². The molecule has 0 saturated carbocycles. The van der Waals surface area contributed by atoms with Crippen LogP contribution in [-0.2, 0) is 0 Å². The minimum Gasteiger partial charge on any atom is -0.476 e. The van der Waals surface area contributed by atoms with Crippen LogP contribution >= 0.6 is 0 Å². The molecule has 1 aromatic heterocycles. The molecule has 0 bridgehead atoms. The number of rotatable bonds is 3. The fourth-order valence-corrected chi connectivity index (χ4v) is 0.851. The maximum Gasteiger partial charge on any atom is 0.355 e. The summed E-state index contributed by atoms with van der Waals surface area (Å²) in [7, 11) is 0. The second kappa shape index (κ2) is 3.30. The zero-order valence-electron chi connectivity index (χ0n) is 7.02. The van der Waals surface area contributed by atoms with Crippen molar-refractivity contribution in [3.05, 3.63) is 24.0 Å². The van der Waals surface area contributed by atoms with Gasteiger partial charge in [0.05, 0.1) is 0 Å². The van der Waals surface area contributed by atoms with Crippen LogP contribution in [0.15, 0.2) is 18.3 Å². The van der Waals surface area contributed by atoms with E-state index in [1.54, 1.807) is 12.3 Å². The van der Waals surface area contributed by atoms with E-state index in [2.05, 4.69) is 0 Å². The van der Waals surface area contributed by atoms with Gasteiger partial charge in [-0.25, -0.2) is 4.79 Å². The third-order valence-corrected chi connectivity index (χ3v) is 1.26. The highest BCUT2D eigenvalue weighted by Gasteiger charge is 2.09. The number of carbonyl (C=O) groups is 1. The van der Waals surface area contributed by atoms with Crippen LogP contribution in [0.3, 0.4) is 0 Å². The molecule has 0 spiro atoms. The van der Waals surface area contributed by atoms with Gasteiger partial charge in [-0.2, -0.15) is 4.73 Å². The molecule has 0 fully saturated rings. The Bertz CT molecular complexity index is 278. The fraction of sp³-hybridized carbons (Fsp3) is 0.375. The predicted octanol–water partition coefficient (Wildman–Crippen LogP) is 1.02. The summed E-state index contributed by atoms with van der Waals surface area (Å²) < 4.78 is 1.26. The molecule has 0 atom stereocenters. The van der Waals surface area contributed by atoms with Crippen LogP contribution in [0, 0.1) is 0 Å². The van der Waals surface area contributed by atoms with E-state index in [4.69, 9.17) is 9.94 Å². The maximum atomic E-state index is 10.6. The molecule has 0 radical (unpaired) electrons. The SMILES string of the molecule is CC(C)On1cccc1C(=O)O. The third kappa shape index (κ3) is 1.78. The summed E-state index contributed by atoms with van der Waals surface area (Å²) in [6.07, 6.45) is 1.54. The van der Waals surface area contributed by atoms with Gasteiger partial charge in [-0.05, 0) is 26.0 Å². The topological polar surface area (TPSA) is 51.5 Å². The summed E-state index contributed by atoms with van der Waals surface area (Å²) in [5.41, 5.74) is 0.142. The summed E-state index contributed by atoms with van der Waals surface area (Å²) in [4.78, 5) is 15.7. The number of nitrogens with zero attached hydrogens (tertiary/aromatic N) is 1. The standard InChI is InChI=1S/C8H11NO3/c1-6(2)12-9-5-3-4-7(9)8(10)11/h3-6H,1-2H3,(H,10,11). The summed E-state index contributed by atoms with van der Waals surface area (Å²) in [6, 6.07) is 3.12. The molecule has 0 unspecified atom stereocenters. The molecule has 4 nitrogen and oxygen atoms in total. The number of carboxylic acid groups (broad SMARTS) is 1. The molecule has 4 heteroatoms. The Morgan fingerprint density at radius 2 is 2.33 bits per heavy atom. The number of aromatic carboxylic acids is 1. The first-order valence-corrected chi connectivity index (χ1v) is 3.69. The van der Waals surface area contributed by atoms with Crippen LogP contribution in [-0.4, -0.2) is 21.9 Å². The van der Waals surface area contributed by atoms with Crippen molar-refractivity contribution in [3.63, 3.8) is 0 Å². The molecule has 0 aliphatic carbocycles. The number of carboxylic acids is 1. The monoisotopic (exact) mass is 169 g/mol. The molecule has 66 valence electrons. The molecule has 1 aromatic rings. The highest BCUT2D eigenvalue weighted by Crippen LogP contribution is 2.00. The number of hydrogen-bond donors (Lipinski definition) is 1. The summed E-state index contributed by atoms with van der Waals surface area (Å²) in [5, 5.41) is 8.67. The fourth-order valence-electron chi connectivity index (χ4n) is 0.851. The first-order chi connectivity index (χ1) is 5.61. The Labute approximate surface area is 70.3 Å². The van der Waals surface area contributed by atoms with Crippen LogP contribution in [0.1, 0.15) is 24.3 Å². The van der Waals surface area contributed by atoms with Crippen molar-refractivity contribution in [2.24, 2.45) is 0 Å². The Hall–Kier alpha value is -1.45. The Morgan fingerprint density at radius 3 is 2.83 bits per heavy atom. The van der Waals surface area contributed by atoms with E-state index < -0.39 is 5.97 Å². The Balaban J connectivity index is 2.84. The first kappa shape index (κ1) is 8.64. The largest absolute Gasteiger partial charge is 0.476 e. The van der Waals surface area contributed by atoms with Crippen LogP contribution < -0.4 is 4.84 Å². The smallest absolute Gasteiger partial charge is 0.355 e. The van der Waals surface area contributed by atoms with Crippen molar-refractivity contribution >= 4 is 5.97 Å². The van der Waals surface area contributed by atoms with E-state index in [9.17, 15) is 4.79 Å². The van der Waals surface area contributed by atoms with Gasteiger partial charge in [-0.15, -0.1) is 0 Å². The zero-order valence-corrected chi connectivity index (χ0v) is 7.02. The van der Waals surface area contributed by atoms with Gasteiger partial charge < -0.3 is 9.94 Å². The Morgan fingerprint density at radius 1 is 1.67 bits per heavy atom. The molecule has 0 aromatic carbocycles. The third-order valence-electron chi connectivity index (χ3n) is 1.26. The first-order valence-electron chi connectivity index (χ1n) is 3.69. The van der Waals surface area contributed by atoms with Crippen molar-refractivity contribution in [3.8, 4) is 0 Å². The van der Waals surface area contributed by atoms with Crippen LogP contribution in [0.4, 0.5) is 0 Å². The molecule has 1 rings (SSSR count). The number of aromatic nitrogens is 1. The average molecular weight is 169 g/mol. The van der Waals surface area contributed by atoms with Gasteiger partial charge in [0.15, 0.2) is 5.69 Å². The second-order valence-electron chi connectivity index (χ2n) is 2.68. The molecule has 1 N–H and O–H groups in total. The van der Waals surface area contributed by atoms with E-state index in [1.165, 1.54) is 10.8 Å². The highest BCUT2D eigenvalue weighted by atomic mass is 16.7. The molecule has 0 saturated heterocycles. The lowest BCUT2D eigenvalue weighted by molar-refractivity contribution is 0.0428. The van der Waals surface area contributed by atoms with Crippen LogP contribution in [0.25, 0.3) is 0 Å². The number of hydrogen-bond acceptors (Lipinski definition) is 2. The van der Waals surface area contributed by atoms with Gasteiger partial charge in [0.25, 0.3) is 0 Å². The maximum absolute atomic E-state index is 10.6. The normalized spacial score (nSPS) is 10.2. The van der Waals surface area contributed by atoms with Crippen LogP contribution in [0.5, 0.6) is 0 Å². The zero-order chi connectivity index (χ0) is 9.14. The van der Waals surface area contributed by atoms with Gasteiger partial charge >= 0.3 is 5.97 Å². The van der Waals surface area contributed by atoms with E-state index in [-0.39, 0.29) is 11.8 Å². The lowest BCUT2D eigenvalue weighted by Crippen LogP contribution is -2.21. The Kier molecular flexibility index (Phi) is 2.38. The summed E-state index contributed by atoms with van der Waals surface area (Å²) in [6.45, 7) is 3.68. The minimum absolute atomic E-state index is 0.0319. The summed E-state index contributed by atoms with van der Waals surface area (Å²) in [5.74, 6) is -0.986. The van der Waals surface area contributed by atoms with Gasteiger partial charge in [0.2, 0.25) is 0 Å². The molecule has 0 aliphatic heterocycles. The lowest BCUT2D eigenvalue weighted by Gasteiger charge is -2.11. The molecular formula is C8H11NO3. The van der Waals surface area contributed by atoms with Gasteiger partial charge in [-0.3, -0.25) is 0 Å². The van der Waals surface area contributed by atoms with Crippen LogP contribution in [0.2, 0.25) is 0 Å².